The highest BCUT2D eigenvalue weighted by Gasteiger charge is 2.32. The number of rotatable bonds is 4. The first-order valence-electron chi connectivity index (χ1n) is 6.18. The Morgan fingerprint density at radius 3 is 2.95 bits per heavy atom. The number of carbonyl (C=O) groups is 1. The summed E-state index contributed by atoms with van der Waals surface area (Å²) in [7, 11) is 1.56. The highest BCUT2D eigenvalue weighted by Crippen LogP contribution is 2.28. The van der Waals surface area contributed by atoms with Crippen molar-refractivity contribution in [2.24, 2.45) is 5.84 Å². The number of nitrogens with zero attached hydrogens (tertiary/aromatic N) is 3. The third-order valence-electron chi connectivity index (χ3n) is 3.25. The number of hydrogen-bond acceptors (Lipinski definition) is 7. The van der Waals surface area contributed by atoms with E-state index in [9.17, 15) is 14.9 Å². The summed E-state index contributed by atoms with van der Waals surface area (Å²) in [5.41, 5.74) is 2.18. The summed E-state index contributed by atoms with van der Waals surface area (Å²) in [5, 5.41) is 13.5. The highest BCUT2D eigenvalue weighted by molar-refractivity contribution is 5.85. The Balaban J connectivity index is 2.38. The lowest BCUT2D eigenvalue weighted by molar-refractivity contribution is -0.384. The zero-order valence-electron chi connectivity index (χ0n) is 11.0. The lowest BCUT2D eigenvalue weighted by Crippen LogP contribution is -2.42. The van der Waals surface area contributed by atoms with Gasteiger partial charge in [-0.05, 0) is 12.8 Å². The number of pyridine rings is 1. The van der Waals surface area contributed by atoms with E-state index in [4.69, 9.17) is 5.84 Å². The van der Waals surface area contributed by atoms with E-state index in [1.807, 2.05) is 0 Å². The zero-order chi connectivity index (χ0) is 14.7. The van der Waals surface area contributed by atoms with Crippen molar-refractivity contribution in [3.05, 3.63) is 22.2 Å². The number of hydrazine groups is 1. The average Bonchev–Trinajstić information content (AvgIpc) is 2.95. The molecule has 2 heterocycles. The van der Waals surface area contributed by atoms with Gasteiger partial charge in [-0.2, -0.15) is 0 Å². The Morgan fingerprint density at radius 2 is 2.35 bits per heavy atom. The summed E-state index contributed by atoms with van der Waals surface area (Å²) in [5.74, 6) is 5.71. The van der Waals surface area contributed by atoms with Crippen molar-refractivity contribution < 1.29 is 9.72 Å². The second-order valence-electron chi connectivity index (χ2n) is 4.44. The fourth-order valence-corrected chi connectivity index (χ4v) is 2.31. The molecule has 108 valence electrons. The SMILES string of the molecule is CNC(=O)C1CCCN1c1cc([N+](=O)[O-])cc(NN)n1. The molecule has 1 aromatic heterocycles. The maximum absolute atomic E-state index is 11.8. The molecule has 2 rings (SSSR count). The van der Waals surface area contributed by atoms with Gasteiger partial charge in [-0.3, -0.25) is 14.9 Å². The fraction of sp³-hybridized carbons (Fsp3) is 0.455. The normalized spacial score (nSPS) is 17.9. The van der Waals surface area contributed by atoms with Crippen LogP contribution in [0.15, 0.2) is 12.1 Å². The molecule has 1 aliphatic heterocycles. The molecule has 0 radical (unpaired) electrons. The van der Waals surface area contributed by atoms with Gasteiger partial charge in [0.15, 0.2) is 0 Å². The maximum atomic E-state index is 11.8. The van der Waals surface area contributed by atoms with Crippen LogP contribution in [0.25, 0.3) is 0 Å². The van der Waals surface area contributed by atoms with Crippen molar-refractivity contribution in [2.45, 2.75) is 18.9 Å². The fourth-order valence-electron chi connectivity index (χ4n) is 2.31. The van der Waals surface area contributed by atoms with Crippen LogP contribution in [0, 0.1) is 10.1 Å². The van der Waals surface area contributed by atoms with E-state index in [1.165, 1.54) is 12.1 Å². The van der Waals surface area contributed by atoms with Crippen molar-refractivity contribution >= 4 is 23.2 Å². The van der Waals surface area contributed by atoms with Crippen molar-refractivity contribution in [3.63, 3.8) is 0 Å². The number of carbonyl (C=O) groups excluding carboxylic acids is 1. The summed E-state index contributed by atoms with van der Waals surface area (Å²) in [6, 6.07) is 2.23. The Hall–Kier alpha value is -2.42. The van der Waals surface area contributed by atoms with E-state index in [-0.39, 0.29) is 23.5 Å². The maximum Gasteiger partial charge on any atom is 0.276 e. The first-order valence-corrected chi connectivity index (χ1v) is 6.18. The summed E-state index contributed by atoms with van der Waals surface area (Å²) < 4.78 is 0. The molecule has 0 aliphatic carbocycles. The number of nitrogens with one attached hydrogen (secondary N) is 2. The van der Waals surface area contributed by atoms with Crippen molar-refractivity contribution in [1.29, 1.82) is 0 Å². The number of hydrogen-bond donors (Lipinski definition) is 3. The van der Waals surface area contributed by atoms with Gasteiger partial charge in [0, 0.05) is 13.6 Å². The first kappa shape index (κ1) is 14.0. The van der Waals surface area contributed by atoms with Crippen LogP contribution in [-0.4, -0.2) is 35.4 Å². The largest absolute Gasteiger partial charge is 0.357 e. The molecule has 9 nitrogen and oxygen atoms in total. The van der Waals surface area contributed by atoms with Gasteiger partial charge in [-0.25, -0.2) is 10.8 Å². The van der Waals surface area contributed by atoms with Gasteiger partial charge in [0.2, 0.25) is 5.91 Å². The minimum atomic E-state index is -0.517. The second-order valence-corrected chi connectivity index (χ2v) is 4.44. The Morgan fingerprint density at radius 1 is 1.60 bits per heavy atom. The molecule has 1 aliphatic rings. The lowest BCUT2D eigenvalue weighted by Gasteiger charge is -2.24. The van der Waals surface area contributed by atoms with Crippen LogP contribution >= 0.6 is 0 Å². The molecular weight excluding hydrogens is 264 g/mol. The molecule has 1 atom stereocenters. The Kier molecular flexibility index (Phi) is 3.99. The standard InChI is InChI=1S/C11H16N6O3/c1-13-11(18)8-3-2-4-16(8)10-6-7(17(19)20)5-9(14-10)15-12/h5-6,8H,2-4,12H2,1H3,(H,13,18)(H,14,15). The molecule has 1 amide bonds. The van der Waals surface area contributed by atoms with Gasteiger partial charge in [0.05, 0.1) is 17.1 Å². The highest BCUT2D eigenvalue weighted by atomic mass is 16.6. The predicted molar refractivity (Wildman–Crippen MR) is 73.1 cm³/mol. The van der Waals surface area contributed by atoms with Crippen LogP contribution in [-0.2, 0) is 4.79 Å². The average molecular weight is 280 g/mol. The van der Waals surface area contributed by atoms with E-state index in [0.29, 0.717) is 18.8 Å². The lowest BCUT2D eigenvalue weighted by atomic mass is 10.2. The summed E-state index contributed by atoms with van der Waals surface area (Å²) in [6.07, 6.45) is 1.52. The van der Waals surface area contributed by atoms with Crippen LogP contribution in [0.2, 0.25) is 0 Å². The molecule has 1 fully saturated rings. The molecule has 20 heavy (non-hydrogen) atoms. The minimum Gasteiger partial charge on any atom is -0.357 e. The monoisotopic (exact) mass is 280 g/mol. The summed E-state index contributed by atoms with van der Waals surface area (Å²) >= 11 is 0. The quantitative estimate of drug-likeness (QED) is 0.402. The van der Waals surface area contributed by atoms with Gasteiger partial charge in [-0.15, -0.1) is 0 Å². The van der Waals surface area contributed by atoms with Crippen LogP contribution in [0.1, 0.15) is 12.8 Å². The molecular formula is C11H16N6O3. The van der Waals surface area contributed by atoms with Crippen LogP contribution < -0.4 is 21.5 Å². The van der Waals surface area contributed by atoms with E-state index in [1.54, 1.807) is 11.9 Å². The van der Waals surface area contributed by atoms with Gasteiger partial charge in [0.1, 0.15) is 17.7 Å². The molecule has 1 aromatic rings. The van der Waals surface area contributed by atoms with Crippen LogP contribution in [0.5, 0.6) is 0 Å². The van der Waals surface area contributed by atoms with E-state index in [0.717, 1.165) is 6.42 Å². The Bertz CT molecular complexity index is 535. The topological polar surface area (TPSA) is 126 Å². The van der Waals surface area contributed by atoms with Gasteiger partial charge in [0.25, 0.3) is 5.69 Å². The molecule has 0 aromatic carbocycles. The first-order chi connectivity index (χ1) is 9.56. The van der Waals surface area contributed by atoms with Crippen molar-refractivity contribution in [2.75, 3.05) is 23.9 Å². The number of nitrogens with two attached hydrogens (primary N) is 1. The summed E-state index contributed by atoms with van der Waals surface area (Å²) in [6.45, 7) is 0.621. The summed E-state index contributed by atoms with van der Waals surface area (Å²) in [4.78, 5) is 28.2. The third kappa shape index (κ3) is 2.62. The molecule has 9 heteroatoms. The van der Waals surface area contributed by atoms with Crippen LogP contribution in [0.3, 0.4) is 0 Å². The van der Waals surface area contributed by atoms with Crippen LogP contribution in [0.4, 0.5) is 17.3 Å². The second kappa shape index (κ2) is 5.70. The number of likely N-dealkylation sites (N-methyl/N-ethyl adjacent to an activating group) is 1. The number of aromatic nitrogens is 1. The van der Waals surface area contributed by atoms with Gasteiger partial charge in [-0.1, -0.05) is 0 Å². The number of amides is 1. The number of anilines is 2. The van der Waals surface area contributed by atoms with Gasteiger partial charge >= 0.3 is 0 Å². The molecule has 0 bridgehead atoms. The number of nitro groups is 1. The van der Waals surface area contributed by atoms with Crippen molar-refractivity contribution in [3.8, 4) is 0 Å². The minimum absolute atomic E-state index is 0.120. The van der Waals surface area contributed by atoms with Gasteiger partial charge < -0.3 is 15.6 Å². The van der Waals surface area contributed by atoms with E-state index >= 15 is 0 Å². The van der Waals surface area contributed by atoms with Crippen molar-refractivity contribution in [1.82, 2.24) is 10.3 Å². The number of nitrogen functional groups attached to an aromatic ring is 1. The molecule has 0 spiro atoms. The van der Waals surface area contributed by atoms with E-state index < -0.39 is 4.92 Å². The molecule has 4 N–H and O–H groups in total. The predicted octanol–water partition coefficient (Wildman–Crippen LogP) is -0.00980. The Labute approximate surface area is 115 Å². The molecule has 0 saturated carbocycles. The zero-order valence-corrected chi connectivity index (χ0v) is 11.0. The molecule has 1 saturated heterocycles. The third-order valence-corrected chi connectivity index (χ3v) is 3.25. The molecule has 1 unspecified atom stereocenters. The van der Waals surface area contributed by atoms with E-state index in [2.05, 4.69) is 15.7 Å². The smallest absolute Gasteiger partial charge is 0.276 e.